The summed E-state index contributed by atoms with van der Waals surface area (Å²) in [5.74, 6) is 0. The van der Waals surface area contributed by atoms with E-state index in [0.717, 1.165) is 6.42 Å². The van der Waals surface area contributed by atoms with Crippen molar-refractivity contribution in [2.75, 3.05) is 0 Å². The van der Waals surface area contributed by atoms with Gasteiger partial charge in [0.15, 0.2) is 0 Å². The predicted octanol–water partition coefficient (Wildman–Crippen LogP) is 6.52. The monoisotopic (exact) mass is 298 g/mol. The van der Waals surface area contributed by atoms with Crippen LogP contribution in [0.25, 0.3) is 0 Å². The lowest BCUT2D eigenvalue weighted by molar-refractivity contribution is 0.554. The molecule has 0 atom stereocenters. The van der Waals surface area contributed by atoms with Crippen molar-refractivity contribution < 1.29 is 0 Å². The van der Waals surface area contributed by atoms with Crippen LogP contribution in [0.4, 0.5) is 0 Å². The van der Waals surface area contributed by atoms with E-state index in [2.05, 4.69) is 28.6 Å². The summed E-state index contributed by atoms with van der Waals surface area (Å²) in [6.45, 7) is 4.17. The molecular formula is C16H27Br. The standard InChI is InChI=1S/C16H27Br/c1-15-13-11-9-7-5-3-2-4-6-8-10-12-14-16(15)17/h14H,1-13H2/b16-14-. The predicted molar refractivity (Wildman–Crippen MR) is 81.6 cm³/mol. The molecule has 0 heterocycles. The Morgan fingerprint density at radius 2 is 1.24 bits per heavy atom. The van der Waals surface area contributed by atoms with Gasteiger partial charge in [0.1, 0.15) is 0 Å². The third kappa shape index (κ3) is 7.81. The molecular weight excluding hydrogens is 272 g/mol. The Bertz CT molecular complexity index is 240. The maximum Gasteiger partial charge on any atom is 0.0161 e. The van der Waals surface area contributed by atoms with Crippen LogP contribution in [0, 0.1) is 0 Å². The molecule has 0 saturated carbocycles. The first-order valence-electron chi connectivity index (χ1n) is 7.34. The van der Waals surface area contributed by atoms with Gasteiger partial charge in [0.25, 0.3) is 0 Å². The average Bonchev–Trinajstić information content (AvgIpc) is 2.34. The van der Waals surface area contributed by atoms with Crippen LogP contribution >= 0.6 is 15.9 Å². The number of allylic oxidation sites excluding steroid dienone is 3. The molecule has 0 unspecified atom stereocenters. The van der Waals surface area contributed by atoms with Crippen LogP contribution in [0.3, 0.4) is 0 Å². The molecule has 0 N–H and O–H groups in total. The van der Waals surface area contributed by atoms with Gasteiger partial charge in [-0.3, -0.25) is 0 Å². The fourth-order valence-electron chi connectivity index (χ4n) is 2.39. The lowest BCUT2D eigenvalue weighted by Gasteiger charge is -2.05. The maximum atomic E-state index is 4.17. The average molecular weight is 299 g/mol. The summed E-state index contributed by atoms with van der Waals surface area (Å²) in [6.07, 6.45) is 18.7. The van der Waals surface area contributed by atoms with E-state index in [1.54, 1.807) is 0 Å². The first-order chi connectivity index (χ1) is 8.30. The largest absolute Gasteiger partial charge is 0.0947 e. The molecule has 0 radical (unpaired) electrons. The first kappa shape index (κ1) is 15.0. The topological polar surface area (TPSA) is 0 Å². The second-order valence-corrected chi connectivity index (χ2v) is 6.08. The molecule has 1 aliphatic rings. The maximum absolute atomic E-state index is 4.17. The smallest absolute Gasteiger partial charge is 0.0161 e. The fraction of sp³-hybridized carbons (Fsp3) is 0.750. The minimum atomic E-state index is 1.16. The Morgan fingerprint density at radius 1 is 0.765 bits per heavy atom. The molecule has 0 amide bonds. The van der Waals surface area contributed by atoms with E-state index in [4.69, 9.17) is 0 Å². The molecule has 0 bridgehead atoms. The highest BCUT2D eigenvalue weighted by Gasteiger charge is 2.00. The van der Waals surface area contributed by atoms with Gasteiger partial charge in [-0.1, -0.05) is 80.0 Å². The van der Waals surface area contributed by atoms with E-state index in [1.807, 2.05) is 0 Å². The van der Waals surface area contributed by atoms with Gasteiger partial charge in [-0.05, 0) is 31.3 Å². The third-order valence-electron chi connectivity index (χ3n) is 3.59. The highest BCUT2D eigenvalue weighted by molar-refractivity contribution is 9.12. The fourth-order valence-corrected chi connectivity index (χ4v) is 2.82. The summed E-state index contributed by atoms with van der Waals surface area (Å²) in [5, 5.41) is 0. The lowest BCUT2D eigenvalue weighted by Crippen LogP contribution is -1.84. The molecule has 0 spiro atoms. The van der Waals surface area contributed by atoms with Crippen LogP contribution in [0.5, 0.6) is 0 Å². The molecule has 1 heteroatoms. The Balaban J connectivity index is 2.33. The van der Waals surface area contributed by atoms with Gasteiger partial charge in [-0.25, -0.2) is 0 Å². The lowest BCUT2D eigenvalue weighted by atomic mass is 10.0. The SMILES string of the molecule is C=C1CCCCCCCCCCCC/C=C/1Br. The molecule has 17 heavy (non-hydrogen) atoms. The van der Waals surface area contributed by atoms with Crippen molar-refractivity contribution in [1.82, 2.24) is 0 Å². The molecule has 0 saturated heterocycles. The van der Waals surface area contributed by atoms with Crippen LogP contribution in [-0.4, -0.2) is 0 Å². The summed E-state index contributed by atoms with van der Waals surface area (Å²) >= 11 is 3.66. The highest BCUT2D eigenvalue weighted by Crippen LogP contribution is 2.23. The Kier molecular flexibility index (Phi) is 8.78. The van der Waals surface area contributed by atoms with Crippen molar-refractivity contribution in [3.63, 3.8) is 0 Å². The van der Waals surface area contributed by atoms with Crippen molar-refractivity contribution >= 4 is 15.9 Å². The highest BCUT2D eigenvalue weighted by atomic mass is 79.9. The van der Waals surface area contributed by atoms with E-state index in [-0.39, 0.29) is 0 Å². The molecule has 0 fully saturated rings. The second-order valence-electron chi connectivity index (χ2n) is 5.23. The van der Waals surface area contributed by atoms with Crippen molar-refractivity contribution in [2.24, 2.45) is 0 Å². The van der Waals surface area contributed by atoms with E-state index < -0.39 is 0 Å². The van der Waals surface area contributed by atoms with Gasteiger partial charge in [0.05, 0.1) is 0 Å². The van der Waals surface area contributed by atoms with E-state index >= 15 is 0 Å². The van der Waals surface area contributed by atoms with E-state index in [9.17, 15) is 0 Å². The molecule has 1 aliphatic carbocycles. The van der Waals surface area contributed by atoms with Gasteiger partial charge >= 0.3 is 0 Å². The van der Waals surface area contributed by atoms with Gasteiger partial charge in [-0.15, -0.1) is 0 Å². The van der Waals surface area contributed by atoms with Gasteiger partial charge < -0.3 is 0 Å². The van der Waals surface area contributed by atoms with Crippen molar-refractivity contribution in [1.29, 1.82) is 0 Å². The molecule has 1 rings (SSSR count). The summed E-state index contributed by atoms with van der Waals surface area (Å²) in [5.41, 5.74) is 1.29. The zero-order valence-corrected chi connectivity index (χ0v) is 12.7. The summed E-state index contributed by atoms with van der Waals surface area (Å²) < 4.78 is 1.26. The number of halogens is 1. The Morgan fingerprint density at radius 3 is 1.82 bits per heavy atom. The molecule has 0 aromatic carbocycles. The number of hydrogen-bond donors (Lipinski definition) is 0. The summed E-state index contributed by atoms with van der Waals surface area (Å²) in [6, 6.07) is 0. The van der Waals surface area contributed by atoms with Crippen molar-refractivity contribution in [2.45, 2.75) is 77.0 Å². The minimum Gasteiger partial charge on any atom is -0.0947 e. The number of hydrogen-bond acceptors (Lipinski definition) is 0. The zero-order chi connectivity index (χ0) is 12.3. The van der Waals surface area contributed by atoms with Crippen LogP contribution in [0.1, 0.15) is 77.0 Å². The van der Waals surface area contributed by atoms with Crippen LogP contribution in [0.15, 0.2) is 22.7 Å². The summed E-state index contributed by atoms with van der Waals surface area (Å²) in [4.78, 5) is 0. The van der Waals surface area contributed by atoms with Crippen molar-refractivity contribution in [3.8, 4) is 0 Å². The van der Waals surface area contributed by atoms with Crippen molar-refractivity contribution in [3.05, 3.63) is 22.7 Å². The Hall–Kier alpha value is -0.0400. The summed E-state index contributed by atoms with van der Waals surface area (Å²) in [7, 11) is 0. The molecule has 98 valence electrons. The van der Waals surface area contributed by atoms with Gasteiger partial charge in [0, 0.05) is 4.48 Å². The zero-order valence-electron chi connectivity index (χ0n) is 11.1. The molecule has 0 aromatic heterocycles. The first-order valence-corrected chi connectivity index (χ1v) is 8.14. The normalized spacial score (nSPS) is 25.5. The third-order valence-corrected chi connectivity index (χ3v) is 4.48. The van der Waals surface area contributed by atoms with Crippen LogP contribution in [0.2, 0.25) is 0 Å². The van der Waals surface area contributed by atoms with Crippen LogP contribution in [-0.2, 0) is 0 Å². The van der Waals surface area contributed by atoms with Gasteiger partial charge in [0.2, 0.25) is 0 Å². The second kappa shape index (κ2) is 9.94. The quantitative estimate of drug-likeness (QED) is 0.478. The molecule has 0 aromatic rings. The Labute approximate surface area is 116 Å². The van der Waals surface area contributed by atoms with Gasteiger partial charge in [-0.2, -0.15) is 0 Å². The van der Waals surface area contributed by atoms with E-state index in [1.165, 1.54) is 80.7 Å². The molecule has 0 nitrogen and oxygen atoms in total. The minimum absolute atomic E-state index is 1.16. The number of rotatable bonds is 0. The molecule has 0 aliphatic heterocycles. The van der Waals surface area contributed by atoms with E-state index in [0.29, 0.717) is 0 Å². The van der Waals surface area contributed by atoms with Crippen LogP contribution < -0.4 is 0 Å².